The van der Waals surface area contributed by atoms with Gasteiger partial charge >= 0.3 is 0 Å². The molecule has 2 rings (SSSR count). The van der Waals surface area contributed by atoms with Crippen LogP contribution in [0.3, 0.4) is 0 Å². The molecule has 0 heterocycles. The Hall–Kier alpha value is -2.49. The number of carbonyl (C=O) groups is 1. The van der Waals surface area contributed by atoms with Crippen molar-refractivity contribution in [3.8, 4) is 11.5 Å². The number of ether oxygens (including phenoxy) is 2. The summed E-state index contributed by atoms with van der Waals surface area (Å²) in [5.41, 5.74) is 0.953. The van der Waals surface area contributed by atoms with Crippen LogP contribution >= 0.6 is 0 Å². The largest absolute Gasteiger partial charge is 0.491 e. The first-order valence-electron chi connectivity index (χ1n) is 7.79. The summed E-state index contributed by atoms with van der Waals surface area (Å²) < 4.78 is 11.3. The quantitative estimate of drug-likeness (QED) is 0.847. The molecule has 0 aromatic heterocycles. The van der Waals surface area contributed by atoms with Crippen LogP contribution in [0.25, 0.3) is 0 Å². The van der Waals surface area contributed by atoms with Crippen LogP contribution in [-0.2, 0) is 4.79 Å². The van der Waals surface area contributed by atoms with E-state index in [1.165, 1.54) is 0 Å². The minimum Gasteiger partial charge on any atom is -0.491 e. The smallest absolute Gasteiger partial charge is 0.258 e. The van der Waals surface area contributed by atoms with Crippen LogP contribution in [0.2, 0.25) is 0 Å². The monoisotopic (exact) mass is 313 g/mol. The lowest BCUT2D eigenvalue weighted by Gasteiger charge is -2.20. The van der Waals surface area contributed by atoms with E-state index in [0.717, 1.165) is 11.3 Å². The lowest BCUT2D eigenvalue weighted by molar-refractivity contribution is -0.123. The number of hydrogen-bond donors (Lipinski definition) is 1. The third-order valence-electron chi connectivity index (χ3n) is 3.24. The number of benzene rings is 2. The Morgan fingerprint density at radius 1 is 1.00 bits per heavy atom. The van der Waals surface area contributed by atoms with Crippen molar-refractivity contribution in [1.82, 2.24) is 5.32 Å². The van der Waals surface area contributed by atoms with Crippen molar-refractivity contribution in [1.29, 1.82) is 0 Å². The Balaban J connectivity index is 1.93. The topological polar surface area (TPSA) is 47.6 Å². The van der Waals surface area contributed by atoms with Gasteiger partial charge in [0.05, 0.1) is 12.1 Å². The molecule has 4 heteroatoms. The summed E-state index contributed by atoms with van der Waals surface area (Å²) in [5, 5.41) is 2.94. The molecule has 0 fully saturated rings. The Labute approximate surface area is 137 Å². The van der Waals surface area contributed by atoms with Crippen molar-refractivity contribution in [3.63, 3.8) is 0 Å². The molecule has 1 amide bonds. The number of para-hydroxylation sites is 2. The fraction of sp³-hybridized carbons (Fsp3) is 0.316. The van der Waals surface area contributed by atoms with Crippen molar-refractivity contribution < 1.29 is 14.3 Å². The molecule has 1 unspecified atom stereocenters. The Morgan fingerprint density at radius 2 is 1.65 bits per heavy atom. The summed E-state index contributed by atoms with van der Waals surface area (Å²) in [6.07, 6.45) is 0.0838. The van der Waals surface area contributed by atoms with Gasteiger partial charge in [-0.25, -0.2) is 0 Å². The van der Waals surface area contributed by atoms with E-state index in [0.29, 0.717) is 5.75 Å². The zero-order valence-electron chi connectivity index (χ0n) is 13.8. The molecule has 1 atom stereocenters. The highest BCUT2D eigenvalue weighted by atomic mass is 16.5. The van der Waals surface area contributed by atoms with Crippen molar-refractivity contribution in [2.45, 2.75) is 32.9 Å². The maximum atomic E-state index is 12.1. The molecule has 0 aliphatic carbocycles. The van der Waals surface area contributed by atoms with Crippen LogP contribution in [0, 0.1) is 0 Å². The SMILES string of the molecule is CC(C)Oc1ccccc1C(C)NC(=O)COc1ccccc1. The molecule has 0 saturated heterocycles. The Morgan fingerprint density at radius 3 is 2.35 bits per heavy atom. The van der Waals surface area contributed by atoms with Gasteiger partial charge in [-0.05, 0) is 39.0 Å². The van der Waals surface area contributed by atoms with Crippen LogP contribution < -0.4 is 14.8 Å². The minimum atomic E-state index is -0.166. The fourth-order valence-corrected chi connectivity index (χ4v) is 2.23. The highest BCUT2D eigenvalue weighted by Crippen LogP contribution is 2.25. The van der Waals surface area contributed by atoms with E-state index in [2.05, 4.69) is 5.32 Å². The van der Waals surface area contributed by atoms with E-state index < -0.39 is 0 Å². The summed E-state index contributed by atoms with van der Waals surface area (Å²) in [6, 6.07) is 16.9. The number of nitrogens with one attached hydrogen (secondary N) is 1. The van der Waals surface area contributed by atoms with E-state index in [1.807, 2.05) is 75.4 Å². The molecular weight excluding hydrogens is 290 g/mol. The van der Waals surface area contributed by atoms with E-state index in [9.17, 15) is 4.79 Å². The van der Waals surface area contributed by atoms with Crippen LogP contribution in [0.5, 0.6) is 11.5 Å². The summed E-state index contributed by atoms with van der Waals surface area (Å²) in [6.45, 7) is 5.88. The van der Waals surface area contributed by atoms with Crippen molar-refractivity contribution >= 4 is 5.91 Å². The molecule has 1 N–H and O–H groups in total. The van der Waals surface area contributed by atoms with Gasteiger partial charge in [0.15, 0.2) is 6.61 Å². The first-order valence-corrected chi connectivity index (χ1v) is 7.79. The Kier molecular flexibility index (Phi) is 6.03. The van der Waals surface area contributed by atoms with E-state index in [1.54, 1.807) is 0 Å². The predicted octanol–water partition coefficient (Wildman–Crippen LogP) is 3.73. The maximum absolute atomic E-state index is 12.1. The number of rotatable bonds is 7. The highest BCUT2D eigenvalue weighted by molar-refractivity contribution is 5.78. The van der Waals surface area contributed by atoms with Crippen LogP contribution in [0.4, 0.5) is 0 Å². The van der Waals surface area contributed by atoms with Crippen LogP contribution in [-0.4, -0.2) is 18.6 Å². The molecule has 0 radical (unpaired) electrons. The molecule has 23 heavy (non-hydrogen) atoms. The molecule has 0 bridgehead atoms. The standard InChI is InChI=1S/C19H23NO3/c1-14(2)23-18-12-8-7-11-17(18)15(3)20-19(21)13-22-16-9-5-4-6-10-16/h4-12,14-15H,13H2,1-3H3,(H,20,21). The summed E-state index contributed by atoms with van der Waals surface area (Å²) in [5.74, 6) is 1.30. The lowest BCUT2D eigenvalue weighted by atomic mass is 10.1. The zero-order chi connectivity index (χ0) is 16.7. The van der Waals surface area contributed by atoms with Gasteiger partial charge in [-0.15, -0.1) is 0 Å². The summed E-state index contributed by atoms with van der Waals surface area (Å²) in [4.78, 5) is 12.1. The van der Waals surface area contributed by atoms with Gasteiger partial charge in [0, 0.05) is 5.56 Å². The number of carbonyl (C=O) groups excluding carboxylic acids is 1. The van der Waals surface area contributed by atoms with Crippen molar-refractivity contribution in [2.24, 2.45) is 0 Å². The molecular formula is C19H23NO3. The van der Waals surface area contributed by atoms with E-state index in [4.69, 9.17) is 9.47 Å². The average molecular weight is 313 g/mol. The number of hydrogen-bond acceptors (Lipinski definition) is 3. The molecule has 122 valence electrons. The summed E-state index contributed by atoms with van der Waals surface area (Å²) >= 11 is 0. The lowest BCUT2D eigenvalue weighted by Crippen LogP contribution is -2.31. The van der Waals surface area contributed by atoms with Crippen LogP contribution in [0.1, 0.15) is 32.4 Å². The number of amides is 1. The normalized spacial score (nSPS) is 11.8. The Bertz CT molecular complexity index is 626. The minimum absolute atomic E-state index is 0.0123. The van der Waals surface area contributed by atoms with E-state index >= 15 is 0 Å². The molecule has 4 nitrogen and oxygen atoms in total. The second kappa shape index (κ2) is 8.22. The fourth-order valence-electron chi connectivity index (χ4n) is 2.23. The third kappa shape index (κ3) is 5.33. The van der Waals surface area contributed by atoms with E-state index in [-0.39, 0.29) is 24.7 Å². The van der Waals surface area contributed by atoms with Gasteiger partial charge < -0.3 is 14.8 Å². The first-order chi connectivity index (χ1) is 11.1. The highest BCUT2D eigenvalue weighted by Gasteiger charge is 2.15. The molecule has 2 aromatic rings. The second-order valence-electron chi connectivity index (χ2n) is 5.60. The molecule has 0 spiro atoms. The zero-order valence-corrected chi connectivity index (χ0v) is 13.8. The van der Waals surface area contributed by atoms with Gasteiger partial charge in [-0.1, -0.05) is 36.4 Å². The predicted molar refractivity (Wildman–Crippen MR) is 90.7 cm³/mol. The van der Waals surface area contributed by atoms with Crippen LogP contribution in [0.15, 0.2) is 54.6 Å². The second-order valence-corrected chi connectivity index (χ2v) is 5.60. The van der Waals surface area contributed by atoms with Crippen molar-refractivity contribution in [3.05, 3.63) is 60.2 Å². The first kappa shape index (κ1) is 16.9. The van der Waals surface area contributed by atoms with Gasteiger partial charge in [0.25, 0.3) is 5.91 Å². The van der Waals surface area contributed by atoms with Gasteiger partial charge in [0.2, 0.25) is 0 Å². The van der Waals surface area contributed by atoms with Gasteiger partial charge in [0.1, 0.15) is 11.5 Å². The molecule has 2 aromatic carbocycles. The summed E-state index contributed by atoms with van der Waals surface area (Å²) in [7, 11) is 0. The molecule has 0 saturated carbocycles. The molecule has 0 aliphatic rings. The van der Waals surface area contributed by atoms with Gasteiger partial charge in [-0.3, -0.25) is 4.79 Å². The van der Waals surface area contributed by atoms with Crippen molar-refractivity contribution in [2.75, 3.05) is 6.61 Å². The maximum Gasteiger partial charge on any atom is 0.258 e. The average Bonchev–Trinajstić information content (AvgIpc) is 2.54. The third-order valence-corrected chi connectivity index (χ3v) is 3.24. The van der Waals surface area contributed by atoms with Gasteiger partial charge in [-0.2, -0.15) is 0 Å². The molecule has 0 aliphatic heterocycles.